The van der Waals surface area contributed by atoms with Crippen LogP contribution in [-0.4, -0.2) is 131 Å². The first-order valence-electron chi connectivity index (χ1n) is 14.9. The summed E-state index contributed by atoms with van der Waals surface area (Å²) >= 11 is 0. The van der Waals surface area contributed by atoms with E-state index in [4.69, 9.17) is 14.6 Å². The lowest BCUT2D eigenvalue weighted by atomic mass is 10.1. The second-order valence-electron chi connectivity index (χ2n) is 10.3. The number of carbonyl (C=O) groups is 7. The Morgan fingerprint density at radius 1 is 0.792 bits per heavy atom. The second kappa shape index (κ2) is 22.9. The van der Waals surface area contributed by atoms with Crippen molar-refractivity contribution in [2.24, 2.45) is 0 Å². The van der Waals surface area contributed by atoms with Gasteiger partial charge in [-0.3, -0.25) is 23.9 Å². The van der Waals surface area contributed by atoms with E-state index in [1.54, 1.807) is 0 Å². The van der Waals surface area contributed by atoms with Gasteiger partial charge in [-0.2, -0.15) is 5.21 Å². The van der Waals surface area contributed by atoms with E-state index < -0.39 is 76.5 Å². The van der Waals surface area contributed by atoms with Gasteiger partial charge in [0.25, 0.3) is 0 Å². The molecule has 4 amide bonds. The van der Waals surface area contributed by atoms with Gasteiger partial charge in [0.2, 0.25) is 33.7 Å². The van der Waals surface area contributed by atoms with Crippen LogP contribution in [0.1, 0.15) is 64.1 Å². The normalized spacial score (nSPS) is 12.4. The maximum absolute atomic E-state index is 12.1. The number of carbonyl (C=O) groups excluding carboxylic acids is 5. The van der Waals surface area contributed by atoms with Gasteiger partial charge in [-0.1, -0.05) is 5.21 Å². The molecule has 0 saturated heterocycles. The molecule has 0 aliphatic heterocycles. The summed E-state index contributed by atoms with van der Waals surface area (Å²) in [6, 6.07) is -2.75. The quantitative estimate of drug-likeness (QED) is 0.0454. The zero-order valence-corrected chi connectivity index (χ0v) is 27.2. The Morgan fingerprint density at radius 2 is 1.42 bits per heavy atom. The number of Topliss-reactive ketones (excluding diaryl/α,β-unsaturated/α-hetero) is 1. The molecular weight excluding hydrogens is 664 g/mol. The first-order chi connectivity index (χ1) is 22.7. The van der Waals surface area contributed by atoms with Gasteiger partial charge in [0.05, 0.1) is 25.6 Å². The number of hydrogen-bond donors (Lipinski definition) is 7. The summed E-state index contributed by atoms with van der Waals surface area (Å²) in [6.07, 6.45) is -0.374. The molecule has 22 heteroatoms. The van der Waals surface area contributed by atoms with Crippen LogP contribution in [0.2, 0.25) is 0 Å². The van der Waals surface area contributed by atoms with E-state index in [1.165, 1.54) is 6.92 Å². The molecule has 1 unspecified atom stereocenters. The summed E-state index contributed by atoms with van der Waals surface area (Å²) < 4.78 is 36.4. The molecule has 1 aromatic heterocycles. The summed E-state index contributed by atoms with van der Waals surface area (Å²) in [5.74, 6) is -5.64. The number of hydrogen-bond acceptors (Lipinski definition) is 14. The Labute approximate surface area is 275 Å². The van der Waals surface area contributed by atoms with Crippen LogP contribution in [0.25, 0.3) is 0 Å². The van der Waals surface area contributed by atoms with Crippen LogP contribution in [-0.2, 0) is 59.5 Å². The Bertz CT molecular complexity index is 1320. The third kappa shape index (κ3) is 20.5. The second-order valence-corrected chi connectivity index (χ2v) is 12.2. The highest BCUT2D eigenvalue weighted by atomic mass is 32.2. The number of rotatable bonds is 27. The lowest BCUT2D eigenvalue weighted by Crippen LogP contribution is -2.45. The van der Waals surface area contributed by atoms with Crippen LogP contribution in [0.4, 0.5) is 0 Å². The highest BCUT2D eigenvalue weighted by Gasteiger charge is 2.24. The van der Waals surface area contributed by atoms with Crippen molar-refractivity contribution in [1.82, 2.24) is 41.3 Å². The first-order valence-corrected chi connectivity index (χ1v) is 16.5. The van der Waals surface area contributed by atoms with Crippen LogP contribution in [0, 0.1) is 0 Å². The molecule has 0 bridgehead atoms. The fourth-order valence-corrected chi connectivity index (χ4v) is 4.85. The van der Waals surface area contributed by atoms with E-state index >= 15 is 0 Å². The Morgan fingerprint density at radius 3 is 2.04 bits per heavy atom. The lowest BCUT2D eigenvalue weighted by Gasteiger charge is -2.16. The van der Waals surface area contributed by atoms with Crippen LogP contribution in [0.15, 0.2) is 0 Å². The van der Waals surface area contributed by atoms with Gasteiger partial charge in [-0.15, -0.1) is 10.2 Å². The van der Waals surface area contributed by atoms with Gasteiger partial charge in [0.1, 0.15) is 24.5 Å². The molecule has 21 nitrogen and oxygen atoms in total. The van der Waals surface area contributed by atoms with Gasteiger partial charge in [-0.25, -0.2) is 18.0 Å². The number of amides is 4. The van der Waals surface area contributed by atoms with Gasteiger partial charge >= 0.3 is 11.9 Å². The van der Waals surface area contributed by atoms with E-state index in [-0.39, 0.29) is 70.7 Å². The predicted molar refractivity (Wildman–Crippen MR) is 161 cm³/mol. The number of H-pyrrole nitrogens is 1. The van der Waals surface area contributed by atoms with E-state index in [0.717, 1.165) is 0 Å². The predicted octanol–water partition coefficient (Wildman–Crippen LogP) is -2.81. The number of aromatic amines is 1. The fraction of sp³-hybridized carbons (Fsp3) is 0.692. The van der Waals surface area contributed by atoms with Gasteiger partial charge in [0.15, 0.2) is 5.82 Å². The smallest absolute Gasteiger partial charge is 0.326 e. The number of carboxylic acid groups (broad SMARTS) is 2. The van der Waals surface area contributed by atoms with Crippen molar-refractivity contribution in [2.45, 2.75) is 76.8 Å². The number of aromatic nitrogens is 4. The number of ether oxygens (including phenoxy) is 2. The molecule has 0 spiro atoms. The minimum absolute atomic E-state index is 0.0165. The van der Waals surface area contributed by atoms with Gasteiger partial charge in [-0.05, 0) is 32.6 Å². The molecule has 270 valence electrons. The van der Waals surface area contributed by atoms with E-state index in [1.807, 2.05) is 4.72 Å². The topological polar surface area (TPSA) is 315 Å². The van der Waals surface area contributed by atoms with E-state index in [0.29, 0.717) is 18.7 Å². The standard InChI is InChI=1S/C26H42N8O13S/c1-17(35)7-8-18(25(40)41)28-22(37)10-9-19(26(42)43)29-24(39)16-47-14-13-46-12-11-27-21(36)6-3-15-48(44,45)32-23(38)5-2-4-20-30-33-34-31-20/h18-19H,2-16H2,1H3,(H,27,36)(H,28,37)(H,29,39)(H,32,38)(H,40,41)(H,42,43)(H,30,31,33,34)/t18?,19-/m0/s1. The molecule has 0 fully saturated rings. The summed E-state index contributed by atoms with van der Waals surface area (Å²) in [6.45, 7) is 0.959. The van der Waals surface area contributed by atoms with Crippen molar-refractivity contribution >= 4 is 51.4 Å². The van der Waals surface area contributed by atoms with Crippen molar-refractivity contribution in [3.8, 4) is 0 Å². The Balaban J connectivity index is 2.14. The number of aliphatic carboxylic acids is 2. The van der Waals surface area contributed by atoms with Crippen LogP contribution in [0.5, 0.6) is 0 Å². The average Bonchev–Trinajstić information content (AvgIpc) is 3.51. The van der Waals surface area contributed by atoms with Crippen molar-refractivity contribution in [3.63, 3.8) is 0 Å². The molecule has 7 N–H and O–H groups in total. The van der Waals surface area contributed by atoms with Gasteiger partial charge < -0.3 is 40.4 Å². The molecule has 1 heterocycles. The molecule has 0 aliphatic rings. The molecule has 48 heavy (non-hydrogen) atoms. The van der Waals surface area contributed by atoms with Crippen molar-refractivity contribution in [3.05, 3.63) is 5.82 Å². The number of nitrogens with zero attached hydrogens (tertiary/aromatic N) is 3. The summed E-state index contributed by atoms with van der Waals surface area (Å²) in [7, 11) is -3.90. The summed E-state index contributed by atoms with van der Waals surface area (Å²) in [5, 5.41) is 38.6. The highest BCUT2D eigenvalue weighted by molar-refractivity contribution is 7.90. The Hall–Kier alpha value is -4.57. The molecule has 1 aromatic rings. The van der Waals surface area contributed by atoms with Crippen LogP contribution < -0.4 is 20.7 Å². The average molecular weight is 707 g/mol. The van der Waals surface area contributed by atoms with E-state index in [9.17, 15) is 47.1 Å². The number of aryl methyl sites for hydroxylation is 1. The highest BCUT2D eigenvalue weighted by Crippen LogP contribution is 2.04. The molecule has 2 atom stereocenters. The Kier molecular flexibility index (Phi) is 19.8. The summed E-state index contributed by atoms with van der Waals surface area (Å²) in [4.78, 5) is 81.7. The molecular formula is C26H42N8O13S. The zero-order valence-electron chi connectivity index (χ0n) is 26.4. The molecule has 0 radical (unpaired) electrons. The maximum Gasteiger partial charge on any atom is 0.326 e. The number of nitrogens with one attached hydrogen (secondary N) is 5. The van der Waals surface area contributed by atoms with E-state index in [2.05, 4.69) is 36.6 Å². The van der Waals surface area contributed by atoms with Crippen LogP contribution >= 0.6 is 0 Å². The molecule has 0 aromatic carbocycles. The molecule has 1 rings (SSSR count). The summed E-state index contributed by atoms with van der Waals surface area (Å²) in [5.41, 5.74) is 0. The number of ketones is 1. The largest absolute Gasteiger partial charge is 0.480 e. The van der Waals surface area contributed by atoms with Gasteiger partial charge in [0, 0.05) is 38.6 Å². The monoisotopic (exact) mass is 706 g/mol. The molecule has 0 saturated carbocycles. The third-order valence-corrected chi connectivity index (χ3v) is 7.53. The zero-order chi connectivity index (χ0) is 36.0. The number of carboxylic acids is 2. The SMILES string of the molecule is CC(=O)CCC(NC(=O)CC[C@H](NC(=O)COCCOCCNC(=O)CCCS(=O)(=O)NC(=O)CCCc1nn[nH]n1)C(=O)O)C(=O)O. The van der Waals surface area contributed by atoms with Crippen LogP contribution in [0.3, 0.4) is 0 Å². The number of tetrazole rings is 1. The fourth-order valence-electron chi connectivity index (χ4n) is 3.77. The third-order valence-electron chi connectivity index (χ3n) is 6.17. The number of sulfonamides is 1. The first kappa shape index (κ1) is 41.5. The lowest BCUT2D eigenvalue weighted by molar-refractivity contribution is -0.144. The van der Waals surface area contributed by atoms with Crippen molar-refractivity contribution in [1.29, 1.82) is 0 Å². The van der Waals surface area contributed by atoms with Crippen molar-refractivity contribution in [2.75, 3.05) is 38.7 Å². The maximum atomic E-state index is 12.1. The minimum atomic E-state index is -3.90. The minimum Gasteiger partial charge on any atom is -0.480 e. The van der Waals surface area contributed by atoms with Crippen molar-refractivity contribution < 1.29 is 61.7 Å². The molecule has 0 aliphatic carbocycles.